The summed E-state index contributed by atoms with van der Waals surface area (Å²) in [5, 5.41) is 71.2. The summed E-state index contributed by atoms with van der Waals surface area (Å²) in [6, 6.07) is 22.6. The number of ether oxygens (including phenoxy) is 1. The standard InChI is InChI=1S/C34H28N2O8/c37-22-15-24(35-19-44-14-13-21-9-5-2-6-10-21)29(26(39)17-22)31-33(42)32(34(31)43)30-25(16-23(38)18-27(30)40)36-28(41)12-11-20-7-3-1-4-8-20/h1-19,31-34,37-40H,(H,36,41)/q-2/b12-11?,14-13-,35-19?. The van der Waals surface area contributed by atoms with Gasteiger partial charge in [0.2, 0.25) is 5.91 Å². The van der Waals surface area contributed by atoms with E-state index in [9.17, 15) is 35.4 Å². The fourth-order valence-electron chi connectivity index (χ4n) is 5.18. The summed E-state index contributed by atoms with van der Waals surface area (Å²) < 4.78 is 5.29. The molecule has 0 heterocycles. The minimum atomic E-state index is -1.69. The monoisotopic (exact) mass is 592 g/mol. The average Bonchev–Trinajstić information content (AvgIpc) is 3.00. The zero-order valence-electron chi connectivity index (χ0n) is 23.1. The molecule has 4 aromatic carbocycles. The first-order valence-electron chi connectivity index (χ1n) is 13.6. The number of anilines is 1. The summed E-state index contributed by atoms with van der Waals surface area (Å²) in [5.74, 6) is -5.05. The van der Waals surface area contributed by atoms with Gasteiger partial charge in [-0.2, -0.15) is 0 Å². The molecular formula is C34H28N2O8-2. The number of hydrogen-bond acceptors (Lipinski definition) is 9. The molecule has 0 bridgehead atoms. The van der Waals surface area contributed by atoms with E-state index < -0.39 is 41.4 Å². The third kappa shape index (κ3) is 6.57. The Bertz CT molecular complexity index is 1710. The van der Waals surface area contributed by atoms with E-state index in [4.69, 9.17) is 4.74 Å². The number of benzene rings is 4. The molecule has 2 unspecified atom stereocenters. The largest absolute Gasteiger partial charge is 0.851 e. The third-order valence-electron chi connectivity index (χ3n) is 7.22. The lowest BCUT2D eigenvalue weighted by molar-refractivity contribution is -0.536. The van der Waals surface area contributed by atoms with E-state index in [0.29, 0.717) is 0 Å². The lowest BCUT2D eigenvalue weighted by Crippen LogP contribution is -2.63. The molecule has 1 fully saturated rings. The van der Waals surface area contributed by atoms with Crippen molar-refractivity contribution in [3.05, 3.63) is 120 Å². The number of aliphatic imine (C=N–C) groups is 1. The fourth-order valence-corrected chi connectivity index (χ4v) is 5.18. The minimum Gasteiger partial charge on any atom is -0.851 e. The highest BCUT2D eigenvalue weighted by molar-refractivity contribution is 6.02. The van der Waals surface area contributed by atoms with E-state index in [1.54, 1.807) is 36.4 Å². The normalized spacial score (nSPS) is 19.8. The molecule has 5 rings (SSSR count). The van der Waals surface area contributed by atoms with Gasteiger partial charge in [-0.15, -0.1) is 12.2 Å². The number of nitrogens with zero attached hydrogens (tertiary/aromatic N) is 1. The Morgan fingerprint density at radius 1 is 0.750 bits per heavy atom. The molecule has 0 radical (unpaired) electrons. The molecule has 0 aromatic heterocycles. The lowest BCUT2D eigenvalue weighted by atomic mass is 9.62. The number of hydrogen-bond donors (Lipinski definition) is 5. The second kappa shape index (κ2) is 13.2. The van der Waals surface area contributed by atoms with Crippen molar-refractivity contribution in [2.24, 2.45) is 4.99 Å². The van der Waals surface area contributed by atoms with Crippen molar-refractivity contribution in [2.45, 2.75) is 24.0 Å². The van der Waals surface area contributed by atoms with Crippen LogP contribution in [0.15, 0.2) is 102 Å². The first-order valence-corrected chi connectivity index (χ1v) is 13.6. The Morgan fingerprint density at radius 3 is 1.93 bits per heavy atom. The van der Waals surface area contributed by atoms with Crippen molar-refractivity contribution >= 4 is 35.8 Å². The molecule has 1 aliphatic rings. The average molecular weight is 593 g/mol. The first-order chi connectivity index (χ1) is 21.2. The number of amides is 1. The molecule has 1 amide bonds. The molecule has 2 atom stereocenters. The van der Waals surface area contributed by atoms with E-state index in [2.05, 4.69) is 10.3 Å². The topological polar surface area (TPSA) is 178 Å². The Hall–Kier alpha value is -5.58. The van der Waals surface area contributed by atoms with Crippen LogP contribution >= 0.6 is 0 Å². The van der Waals surface area contributed by atoms with Gasteiger partial charge in [0.15, 0.2) is 6.40 Å². The van der Waals surface area contributed by atoms with E-state index >= 15 is 0 Å². The number of nitrogens with one attached hydrogen (secondary N) is 1. The van der Waals surface area contributed by atoms with Crippen molar-refractivity contribution in [3.63, 3.8) is 0 Å². The Labute approximate surface area is 252 Å². The quantitative estimate of drug-likeness (QED) is 0.0842. The van der Waals surface area contributed by atoms with Crippen LogP contribution in [0.5, 0.6) is 23.0 Å². The number of phenols is 4. The molecule has 0 aliphatic heterocycles. The van der Waals surface area contributed by atoms with Crippen molar-refractivity contribution in [2.75, 3.05) is 5.32 Å². The fraction of sp³-hybridized carbons (Fsp3) is 0.118. The summed E-state index contributed by atoms with van der Waals surface area (Å²) in [6.45, 7) is 0. The van der Waals surface area contributed by atoms with Gasteiger partial charge >= 0.3 is 0 Å². The molecule has 224 valence electrons. The zero-order chi connectivity index (χ0) is 31.2. The van der Waals surface area contributed by atoms with Crippen LogP contribution < -0.4 is 15.5 Å². The van der Waals surface area contributed by atoms with Crippen LogP contribution in [-0.4, -0.2) is 44.9 Å². The van der Waals surface area contributed by atoms with Gasteiger partial charge in [-0.1, -0.05) is 60.7 Å². The highest BCUT2D eigenvalue weighted by Gasteiger charge is 2.43. The van der Waals surface area contributed by atoms with E-state index in [0.717, 1.165) is 35.7 Å². The predicted octanol–water partition coefficient (Wildman–Crippen LogP) is 3.85. The van der Waals surface area contributed by atoms with Crippen molar-refractivity contribution in [1.29, 1.82) is 0 Å². The van der Waals surface area contributed by atoms with Crippen LogP contribution in [0.1, 0.15) is 34.1 Å². The molecule has 44 heavy (non-hydrogen) atoms. The number of rotatable bonds is 9. The van der Waals surface area contributed by atoms with Gasteiger partial charge in [0.1, 0.15) is 23.0 Å². The maximum atomic E-state index is 13.6. The third-order valence-corrected chi connectivity index (χ3v) is 7.22. The SMILES string of the molecule is O=C(C=Cc1ccccc1)Nc1cc(O)cc(O)c1C1C([O-])C(c2c(O)cc(O)cc2N=CO/C=C\c2ccccc2)C1[O-]. The molecule has 5 N–H and O–H groups in total. The smallest absolute Gasteiger partial charge is 0.248 e. The summed E-state index contributed by atoms with van der Waals surface area (Å²) in [4.78, 5) is 16.8. The van der Waals surface area contributed by atoms with Crippen LogP contribution in [0, 0.1) is 0 Å². The maximum absolute atomic E-state index is 13.6. The summed E-state index contributed by atoms with van der Waals surface area (Å²) in [7, 11) is 0. The van der Waals surface area contributed by atoms with Gasteiger partial charge in [-0.3, -0.25) is 4.79 Å². The van der Waals surface area contributed by atoms with Gasteiger partial charge in [-0.25, -0.2) is 4.99 Å². The van der Waals surface area contributed by atoms with Crippen LogP contribution in [0.25, 0.3) is 12.2 Å². The number of aromatic hydroxyl groups is 4. The van der Waals surface area contributed by atoms with Crippen LogP contribution in [-0.2, 0) is 9.53 Å². The van der Waals surface area contributed by atoms with E-state index in [-0.39, 0.29) is 34.0 Å². The number of carbonyl (C=O) groups is 1. The molecule has 10 nitrogen and oxygen atoms in total. The Kier molecular flexibility index (Phi) is 8.94. The van der Waals surface area contributed by atoms with Gasteiger partial charge in [0.25, 0.3) is 0 Å². The van der Waals surface area contributed by atoms with Gasteiger partial charge in [-0.05, 0) is 35.1 Å². The second-order valence-corrected chi connectivity index (χ2v) is 10.1. The van der Waals surface area contributed by atoms with E-state index in [1.165, 1.54) is 18.4 Å². The van der Waals surface area contributed by atoms with Gasteiger partial charge in [0, 0.05) is 41.5 Å². The van der Waals surface area contributed by atoms with Crippen molar-refractivity contribution < 1.29 is 40.2 Å². The summed E-state index contributed by atoms with van der Waals surface area (Å²) in [5.41, 5.74) is 1.28. The molecule has 4 aromatic rings. The second-order valence-electron chi connectivity index (χ2n) is 10.1. The molecule has 10 heteroatoms. The van der Waals surface area contributed by atoms with Gasteiger partial charge < -0.3 is 40.7 Å². The maximum Gasteiger partial charge on any atom is 0.248 e. The number of phenolic OH excluding ortho intramolecular Hbond substituents is 4. The Morgan fingerprint density at radius 2 is 1.30 bits per heavy atom. The van der Waals surface area contributed by atoms with Crippen LogP contribution in [0.4, 0.5) is 11.4 Å². The summed E-state index contributed by atoms with van der Waals surface area (Å²) >= 11 is 0. The van der Waals surface area contributed by atoms with E-state index in [1.807, 2.05) is 36.4 Å². The molecular weight excluding hydrogens is 564 g/mol. The predicted molar refractivity (Wildman–Crippen MR) is 161 cm³/mol. The van der Waals surface area contributed by atoms with Crippen molar-refractivity contribution in [3.8, 4) is 23.0 Å². The highest BCUT2D eigenvalue weighted by Crippen LogP contribution is 2.54. The lowest BCUT2D eigenvalue weighted by Gasteiger charge is -2.62. The van der Waals surface area contributed by atoms with Crippen LogP contribution in [0.3, 0.4) is 0 Å². The molecule has 1 saturated carbocycles. The Balaban J connectivity index is 1.38. The minimum absolute atomic E-state index is 0.0461. The van der Waals surface area contributed by atoms with Crippen molar-refractivity contribution in [1.82, 2.24) is 0 Å². The summed E-state index contributed by atoms with van der Waals surface area (Å²) in [6.07, 6.45) is 3.51. The van der Waals surface area contributed by atoms with Crippen LogP contribution in [0.2, 0.25) is 0 Å². The molecule has 0 saturated heterocycles. The zero-order valence-corrected chi connectivity index (χ0v) is 23.1. The molecule has 1 aliphatic carbocycles. The van der Waals surface area contributed by atoms with Gasteiger partial charge in [0.05, 0.1) is 17.6 Å². The first kappa shape index (κ1) is 29.9. The highest BCUT2D eigenvalue weighted by atomic mass is 16.5. The number of carbonyl (C=O) groups excluding carboxylic acids is 1. The molecule has 0 spiro atoms.